The Balaban J connectivity index is 1.99. The molecule has 0 aromatic carbocycles. The van der Waals surface area contributed by atoms with E-state index in [1.807, 2.05) is 23.5 Å². The Bertz CT molecular complexity index is 447. The van der Waals surface area contributed by atoms with E-state index in [1.165, 1.54) is 5.75 Å². The third-order valence-corrected chi connectivity index (χ3v) is 5.49. The number of aromatic nitrogens is 2. The Hall–Kier alpha value is -0.500. The Morgan fingerprint density at radius 3 is 3.21 bits per heavy atom. The summed E-state index contributed by atoms with van der Waals surface area (Å²) in [5.41, 5.74) is 0.732. The maximum atomic E-state index is 11.7. The molecular formula is C12H19N3O2S2. The van der Waals surface area contributed by atoms with Crippen molar-refractivity contribution in [1.29, 1.82) is 0 Å². The molecule has 7 heteroatoms. The average Bonchev–Trinajstić information content (AvgIpc) is 2.44. The summed E-state index contributed by atoms with van der Waals surface area (Å²) in [7, 11) is 1.67. The highest BCUT2D eigenvalue weighted by molar-refractivity contribution is 8.06. The molecular weight excluding hydrogens is 282 g/mol. The first-order chi connectivity index (χ1) is 9.29. The molecule has 0 radical (unpaired) electrons. The fourth-order valence-corrected chi connectivity index (χ4v) is 4.43. The van der Waals surface area contributed by atoms with E-state index < -0.39 is 0 Å². The van der Waals surface area contributed by atoms with Crippen LogP contribution in [0.4, 0.5) is 0 Å². The Morgan fingerprint density at radius 2 is 2.47 bits per heavy atom. The molecule has 1 atom stereocenters. The maximum Gasteiger partial charge on any atom is 0.251 e. The van der Waals surface area contributed by atoms with Crippen LogP contribution in [0.3, 0.4) is 0 Å². The SMILES string of the molecule is COCCNCc1cc(=O)[nH]c(C2CSCCS2)n1. The van der Waals surface area contributed by atoms with Gasteiger partial charge in [0.25, 0.3) is 5.56 Å². The van der Waals surface area contributed by atoms with Gasteiger partial charge in [-0.1, -0.05) is 0 Å². The summed E-state index contributed by atoms with van der Waals surface area (Å²) in [5.74, 6) is 4.14. The number of nitrogens with one attached hydrogen (secondary N) is 2. The minimum atomic E-state index is -0.0651. The lowest BCUT2D eigenvalue weighted by Crippen LogP contribution is -2.23. The summed E-state index contributed by atoms with van der Waals surface area (Å²) in [4.78, 5) is 19.1. The van der Waals surface area contributed by atoms with E-state index in [0.29, 0.717) is 18.4 Å². The fraction of sp³-hybridized carbons (Fsp3) is 0.667. The lowest BCUT2D eigenvalue weighted by molar-refractivity contribution is 0.199. The lowest BCUT2D eigenvalue weighted by Gasteiger charge is -2.20. The largest absolute Gasteiger partial charge is 0.383 e. The number of hydrogen-bond acceptors (Lipinski definition) is 6. The number of H-pyrrole nitrogens is 1. The summed E-state index contributed by atoms with van der Waals surface area (Å²) in [6.07, 6.45) is 0. The van der Waals surface area contributed by atoms with Crippen LogP contribution in [0.2, 0.25) is 0 Å². The van der Waals surface area contributed by atoms with Gasteiger partial charge in [-0.25, -0.2) is 4.98 Å². The first-order valence-corrected chi connectivity index (χ1v) is 8.49. The van der Waals surface area contributed by atoms with Crippen molar-refractivity contribution in [3.63, 3.8) is 0 Å². The third-order valence-electron chi connectivity index (χ3n) is 2.72. The molecule has 1 saturated heterocycles. The number of aromatic amines is 1. The zero-order valence-corrected chi connectivity index (χ0v) is 12.6. The normalized spacial score (nSPS) is 19.5. The molecule has 1 unspecified atom stereocenters. The van der Waals surface area contributed by atoms with Crippen LogP contribution >= 0.6 is 23.5 Å². The molecule has 5 nitrogen and oxygen atoms in total. The van der Waals surface area contributed by atoms with Crippen molar-refractivity contribution in [3.8, 4) is 0 Å². The van der Waals surface area contributed by atoms with Crippen molar-refractivity contribution in [1.82, 2.24) is 15.3 Å². The van der Waals surface area contributed by atoms with Crippen LogP contribution in [0.15, 0.2) is 10.9 Å². The van der Waals surface area contributed by atoms with E-state index in [-0.39, 0.29) is 5.56 Å². The van der Waals surface area contributed by atoms with Gasteiger partial charge in [0.1, 0.15) is 5.82 Å². The molecule has 106 valence electrons. The van der Waals surface area contributed by atoms with Crippen LogP contribution in [0.25, 0.3) is 0 Å². The van der Waals surface area contributed by atoms with Gasteiger partial charge in [-0.15, -0.1) is 11.8 Å². The van der Waals surface area contributed by atoms with Crippen LogP contribution in [0.1, 0.15) is 16.8 Å². The van der Waals surface area contributed by atoms with E-state index in [1.54, 1.807) is 13.2 Å². The topological polar surface area (TPSA) is 67.0 Å². The lowest BCUT2D eigenvalue weighted by atomic mass is 10.3. The van der Waals surface area contributed by atoms with Gasteiger partial charge >= 0.3 is 0 Å². The second-order valence-electron chi connectivity index (χ2n) is 4.23. The predicted octanol–water partition coefficient (Wildman–Crippen LogP) is 1.03. The molecule has 1 aromatic rings. The summed E-state index contributed by atoms with van der Waals surface area (Å²) < 4.78 is 4.97. The van der Waals surface area contributed by atoms with Crippen molar-refractivity contribution in [2.75, 3.05) is 37.5 Å². The van der Waals surface area contributed by atoms with Crippen molar-refractivity contribution >= 4 is 23.5 Å². The zero-order valence-electron chi connectivity index (χ0n) is 11.0. The van der Waals surface area contributed by atoms with Crippen molar-refractivity contribution in [2.45, 2.75) is 11.8 Å². The quantitative estimate of drug-likeness (QED) is 0.765. The van der Waals surface area contributed by atoms with Crippen LogP contribution in [0, 0.1) is 0 Å². The van der Waals surface area contributed by atoms with Gasteiger partial charge in [0.15, 0.2) is 0 Å². The third kappa shape index (κ3) is 4.83. The highest BCUT2D eigenvalue weighted by atomic mass is 32.2. The van der Waals surface area contributed by atoms with Gasteiger partial charge < -0.3 is 15.0 Å². The van der Waals surface area contributed by atoms with Gasteiger partial charge in [0.2, 0.25) is 0 Å². The molecule has 0 saturated carbocycles. The van der Waals surface area contributed by atoms with E-state index in [9.17, 15) is 4.79 Å². The van der Waals surface area contributed by atoms with E-state index >= 15 is 0 Å². The zero-order chi connectivity index (χ0) is 13.5. The van der Waals surface area contributed by atoms with Crippen molar-refractivity contribution in [3.05, 3.63) is 27.9 Å². The summed E-state index contributed by atoms with van der Waals surface area (Å²) in [5, 5.41) is 3.52. The summed E-state index contributed by atoms with van der Waals surface area (Å²) in [6.45, 7) is 2.02. The van der Waals surface area contributed by atoms with Crippen molar-refractivity contribution in [2.24, 2.45) is 0 Å². The number of nitrogens with zero attached hydrogens (tertiary/aromatic N) is 1. The number of methoxy groups -OCH3 is 1. The first-order valence-electron chi connectivity index (χ1n) is 6.28. The molecule has 1 fully saturated rings. The minimum Gasteiger partial charge on any atom is -0.383 e. The molecule has 2 rings (SSSR count). The Labute approximate surface area is 121 Å². The summed E-state index contributed by atoms with van der Waals surface area (Å²) >= 11 is 3.79. The van der Waals surface area contributed by atoms with Crippen LogP contribution in [0.5, 0.6) is 0 Å². The molecule has 0 bridgehead atoms. The van der Waals surface area contributed by atoms with Crippen LogP contribution < -0.4 is 10.9 Å². The number of ether oxygens (including phenoxy) is 1. The average molecular weight is 301 g/mol. The van der Waals surface area contributed by atoms with Gasteiger partial charge in [-0.2, -0.15) is 11.8 Å². The molecule has 1 aliphatic heterocycles. The van der Waals surface area contributed by atoms with E-state index in [0.717, 1.165) is 29.6 Å². The summed E-state index contributed by atoms with van der Waals surface area (Å²) in [6, 6.07) is 1.56. The predicted molar refractivity (Wildman–Crippen MR) is 81.0 cm³/mol. The molecule has 2 heterocycles. The maximum absolute atomic E-state index is 11.7. The van der Waals surface area contributed by atoms with Crippen molar-refractivity contribution < 1.29 is 4.74 Å². The molecule has 2 N–H and O–H groups in total. The highest BCUT2D eigenvalue weighted by Gasteiger charge is 2.19. The van der Waals surface area contributed by atoms with Gasteiger partial charge in [0, 0.05) is 43.5 Å². The Morgan fingerprint density at radius 1 is 1.58 bits per heavy atom. The number of rotatable bonds is 6. The first kappa shape index (κ1) is 14.9. The van der Waals surface area contributed by atoms with E-state index in [4.69, 9.17) is 4.74 Å². The number of thioether (sulfide) groups is 2. The molecule has 0 spiro atoms. The second-order valence-corrected chi connectivity index (χ2v) is 6.69. The van der Waals surface area contributed by atoms with Crippen LogP contribution in [-0.4, -0.2) is 47.5 Å². The second kappa shape index (κ2) is 7.94. The highest BCUT2D eigenvalue weighted by Crippen LogP contribution is 2.34. The fourth-order valence-electron chi connectivity index (χ4n) is 1.81. The Kier molecular flexibility index (Phi) is 6.22. The minimum absolute atomic E-state index is 0.0651. The van der Waals surface area contributed by atoms with Crippen LogP contribution in [-0.2, 0) is 11.3 Å². The standard InChI is InChI=1S/C12H19N3O2S2/c1-17-3-2-13-7-9-6-11(16)15-12(14-9)10-8-18-4-5-19-10/h6,10,13H,2-5,7-8H2,1H3,(H,14,15,16). The van der Waals surface area contributed by atoms with Gasteiger partial charge in [-0.05, 0) is 0 Å². The monoisotopic (exact) mass is 301 g/mol. The molecule has 0 amide bonds. The molecule has 1 aromatic heterocycles. The molecule has 0 aliphatic carbocycles. The molecule has 19 heavy (non-hydrogen) atoms. The van der Waals surface area contributed by atoms with Gasteiger partial charge in [0.05, 0.1) is 17.6 Å². The van der Waals surface area contributed by atoms with E-state index in [2.05, 4.69) is 15.3 Å². The smallest absolute Gasteiger partial charge is 0.251 e. The molecule has 1 aliphatic rings. The number of hydrogen-bond donors (Lipinski definition) is 2. The van der Waals surface area contributed by atoms with Gasteiger partial charge in [-0.3, -0.25) is 4.79 Å².